The van der Waals surface area contributed by atoms with E-state index in [9.17, 15) is 0 Å². The molecular formula is C17H32NO5P. The first-order valence-electron chi connectivity index (χ1n) is 9.20. The summed E-state index contributed by atoms with van der Waals surface area (Å²) in [5.74, 6) is -0.0370. The number of methoxy groups -OCH3 is 2. The standard InChI is InChI=1S/C17H32NO5P/c1-12-16(18-8-5-4-6-9-18)14(20-3)11-15(22-12)23-17-13(19-2)7-10-21-24-17/h12-17,24H,4-11H2,1-3H3/t12?,13?,14?,15-,16-,17-/m0/s1. The van der Waals surface area contributed by atoms with E-state index in [-0.39, 0.29) is 30.4 Å². The smallest absolute Gasteiger partial charge is 0.161 e. The molecule has 0 spiro atoms. The van der Waals surface area contributed by atoms with Gasteiger partial charge in [-0.3, -0.25) is 4.90 Å². The quantitative estimate of drug-likeness (QED) is 0.701. The first-order chi connectivity index (χ1) is 11.7. The molecule has 0 aliphatic carbocycles. The summed E-state index contributed by atoms with van der Waals surface area (Å²) in [6.07, 6.45) is 5.61. The summed E-state index contributed by atoms with van der Waals surface area (Å²) in [6.45, 7) is 5.19. The minimum Gasteiger partial charge on any atom is -0.380 e. The maximum Gasteiger partial charge on any atom is 0.161 e. The summed E-state index contributed by atoms with van der Waals surface area (Å²) >= 11 is 0. The third kappa shape index (κ3) is 4.47. The number of nitrogens with zero attached hydrogens (tertiary/aromatic N) is 1. The van der Waals surface area contributed by atoms with Gasteiger partial charge in [-0.05, 0) is 32.9 Å². The average molecular weight is 361 g/mol. The van der Waals surface area contributed by atoms with Gasteiger partial charge in [-0.15, -0.1) is 0 Å². The van der Waals surface area contributed by atoms with E-state index in [1.54, 1.807) is 14.2 Å². The Labute approximate surface area is 147 Å². The molecule has 0 aromatic rings. The van der Waals surface area contributed by atoms with Crippen molar-refractivity contribution in [3.05, 3.63) is 0 Å². The van der Waals surface area contributed by atoms with E-state index in [0.29, 0.717) is 14.8 Å². The SMILES string of the molecule is COC1C[C@H](O[C@H]2POCCC2OC)OC(C)[C@@H]1N1CCCCC1. The van der Waals surface area contributed by atoms with Crippen molar-refractivity contribution in [1.82, 2.24) is 4.90 Å². The zero-order valence-corrected chi connectivity index (χ0v) is 16.1. The van der Waals surface area contributed by atoms with Crippen molar-refractivity contribution >= 4 is 8.81 Å². The van der Waals surface area contributed by atoms with Crippen LogP contribution in [0.5, 0.6) is 0 Å². The normalized spacial score (nSPS) is 43.1. The second-order valence-electron chi connectivity index (χ2n) is 6.95. The molecule has 3 heterocycles. The first kappa shape index (κ1) is 19.0. The number of likely N-dealkylation sites (tertiary alicyclic amines) is 1. The predicted molar refractivity (Wildman–Crippen MR) is 93.5 cm³/mol. The molecular weight excluding hydrogens is 329 g/mol. The molecule has 24 heavy (non-hydrogen) atoms. The minimum atomic E-state index is -0.247. The van der Waals surface area contributed by atoms with Crippen LogP contribution in [0.3, 0.4) is 0 Å². The monoisotopic (exact) mass is 361 g/mol. The maximum absolute atomic E-state index is 6.23. The van der Waals surface area contributed by atoms with Gasteiger partial charge in [0, 0.05) is 35.9 Å². The van der Waals surface area contributed by atoms with Crippen molar-refractivity contribution in [2.45, 2.75) is 75.5 Å². The van der Waals surface area contributed by atoms with E-state index in [1.165, 1.54) is 19.3 Å². The lowest BCUT2D eigenvalue weighted by molar-refractivity contribution is -0.254. The third-order valence-corrected chi connectivity index (χ3v) is 6.52. The van der Waals surface area contributed by atoms with Gasteiger partial charge in [-0.25, -0.2) is 0 Å². The van der Waals surface area contributed by atoms with Gasteiger partial charge in [-0.1, -0.05) is 6.42 Å². The Morgan fingerprint density at radius 3 is 2.50 bits per heavy atom. The van der Waals surface area contributed by atoms with E-state index < -0.39 is 0 Å². The van der Waals surface area contributed by atoms with Crippen LogP contribution in [-0.4, -0.2) is 75.3 Å². The van der Waals surface area contributed by atoms with Gasteiger partial charge in [-0.2, -0.15) is 0 Å². The van der Waals surface area contributed by atoms with Crippen LogP contribution in [0.4, 0.5) is 0 Å². The largest absolute Gasteiger partial charge is 0.380 e. The van der Waals surface area contributed by atoms with Gasteiger partial charge in [0.2, 0.25) is 0 Å². The highest BCUT2D eigenvalue weighted by Gasteiger charge is 2.42. The highest BCUT2D eigenvalue weighted by molar-refractivity contribution is 7.33. The van der Waals surface area contributed by atoms with E-state index in [1.807, 2.05) is 0 Å². The Balaban J connectivity index is 1.59. The summed E-state index contributed by atoms with van der Waals surface area (Å²) < 4.78 is 29.4. The molecule has 3 aliphatic rings. The van der Waals surface area contributed by atoms with Gasteiger partial charge >= 0.3 is 0 Å². The summed E-state index contributed by atoms with van der Waals surface area (Å²) in [6, 6.07) is 0.318. The zero-order valence-electron chi connectivity index (χ0n) is 15.1. The Hall–Kier alpha value is 0.190. The molecule has 0 saturated carbocycles. The number of hydrogen-bond donors (Lipinski definition) is 0. The lowest BCUT2D eigenvalue weighted by Gasteiger charge is -2.47. The molecule has 0 aromatic heterocycles. The van der Waals surface area contributed by atoms with Crippen LogP contribution >= 0.6 is 8.81 Å². The fourth-order valence-electron chi connectivity index (χ4n) is 4.14. The summed E-state index contributed by atoms with van der Waals surface area (Å²) in [7, 11) is 3.86. The fraction of sp³-hybridized carbons (Fsp3) is 1.00. The molecule has 3 saturated heterocycles. The number of ether oxygens (including phenoxy) is 4. The molecule has 0 radical (unpaired) electrons. The predicted octanol–water partition coefficient (Wildman–Crippen LogP) is 2.36. The summed E-state index contributed by atoms with van der Waals surface area (Å²) in [4.78, 5) is 2.54. The molecule has 3 fully saturated rings. The Bertz CT molecular complexity index is 382. The van der Waals surface area contributed by atoms with Crippen LogP contribution in [-0.2, 0) is 23.5 Å². The summed E-state index contributed by atoms with van der Waals surface area (Å²) in [5, 5.41) is 0. The number of rotatable bonds is 5. The fourth-order valence-corrected chi connectivity index (χ4v) is 5.20. The van der Waals surface area contributed by atoms with Crippen molar-refractivity contribution in [2.75, 3.05) is 33.9 Å². The van der Waals surface area contributed by atoms with Gasteiger partial charge in [0.05, 0.1) is 31.0 Å². The Kier molecular flexibility index (Phi) is 7.29. The summed E-state index contributed by atoms with van der Waals surface area (Å²) in [5.41, 5.74) is 0. The molecule has 7 atom stereocenters. The molecule has 0 bridgehead atoms. The van der Waals surface area contributed by atoms with E-state index in [0.717, 1.165) is 32.5 Å². The van der Waals surface area contributed by atoms with E-state index in [4.69, 9.17) is 23.5 Å². The Morgan fingerprint density at radius 2 is 1.79 bits per heavy atom. The molecule has 0 aromatic carbocycles. The molecule has 6 nitrogen and oxygen atoms in total. The molecule has 140 valence electrons. The van der Waals surface area contributed by atoms with Crippen LogP contribution in [0.1, 0.15) is 39.0 Å². The lowest BCUT2D eigenvalue weighted by Crippen LogP contribution is -2.58. The zero-order chi connectivity index (χ0) is 16.9. The topological polar surface area (TPSA) is 49.4 Å². The average Bonchev–Trinajstić information content (AvgIpc) is 2.62. The van der Waals surface area contributed by atoms with Crippen molar-refractivity contribution in [3.8, 4) is 0 Å². The highest BCUT2D eigenvalue weighted by atomic mass is 31.1. The van der Waals surface area contributed by atoms with Gasteiger partial charge in [0.15, 0.2) is 6.29 Å². The van der Waals surface area contributed by atoms with Crippen molar-refractivity contribution < 1.29 is 23.5 Å². The number of hydrogen-bond acceptors (Lipinski definition) is 6. The minimum absolute atomic E-state index is 0.0370. The second kappa shape index (κ2) is 9.22. The molecule has 7 heteroatoms. The third-order valence-electron chi connectivity index (χ3n) is 5.41. The van der Waals surface area contributed by atoms with E-state index in [2.05, 4.69) is 11.8 Å². The number of piperidine rings is 1. The second-order valence-corrected chi connectivity index (χ2v) is 8.05. The van der Waals surface area contributed by atoms with Crippen molar-refractivity contribution in [2.24, 2.45) is 0 Å². The van der Waals surface area contributed by atoms with E-state index >= 15 is 0 Å². The van der Waals surface area contributed by atoms with Crippen molar-refractivity contribution in [1.29, 1.82) is 0 Å². The van der Waals surface area contributed by atoms with Crippen LogP contribution in [0.15, 0.2) is 0 Å². The van der Waals surface area contributed by atoms with Crippen LogP contribution in [0, 0.1) is 0 Å². The molecule has 0 N–H and O–H groups in total. The van der Waals surface area contributed by atoms with Gasteiger partial charge < -0.3 is 23.5 Å². The molecule has 4 unspecified atom stereocenters. The van der Waals surface area contributed by atoms with Crippen LogP contribution < -0.4 is 0 Å². The molecule has 0 amide bonds. The highest BCUT2D eigenvalue weighted by Crippen LogP contribution is 2.36. The van der Waals surface area contributed by atoms with Gasteiger partial charge in [0.1, 0.15) is 5.85 Å². The molecule has 3 aliphatic heterocycles. The molecule has 3 rings (SSSR count). The first-order valence-corrected chi connectivity index (χ1v) is 10.2. The Morgan fingerprint density at radius 1 is 1.04 bits per heavy atom. The maximum atomic E-state index is 6.23. The van der Waals surface area contributed by atoms with Crippen molar-refractivity contribution in [3.63, 3.8) is 0 Å². The lowest BCUT2D eigenvalue weighted by atomic mass is 9.95. The van der Waals surface area contributed by atoms with Crippen LogP contribution in [0.2, 0.25) is 0 Å². The van der Waals surface area contributed by atoms with Gasteiger partial charge in [0.25, 0.3) is 0 Å². The van der Waals surface area contributed by atoms with Crippen LogP contribution in [0.25, 0.3) is 0 Å².